The quantitative estimate of drug-likeness (QED) is 0.700. The number of nitrogens with zero attached hydrogens (tertiary/aromatic N) is 6. The van der Waals surface area contributed by atoms with Crippen LogP contribution in [0.4, 0.5) is 0 Å². The lowest BCUT2D eigenvalue weighted by Crippen LogP contribution is -2.60. The molecule has 4 rings (SSSR count). The highest BCUT2D eigenvalue weighted by atomic mass is 32.2. The second kappa shape index (κ2) is 6.49. The van der Waals surface area contributed by atoms with Gasteiger partial charge in [-0.15, -0.1) is 0 Å². The largest absolute Gasteiger partial charge is 0.346 e. The fraction of sp³-hybridized carbons (Fsp3) is 0.333. The van der Waals surface area contributed by atoms with E-state index in [2.05, 4.69) is 38.4 Å². The van der Waals surface area contributed by atoms with E-state index >= 15 is 0 Å². The average Bonchev–Trinajstić information content (AvgIpc) is 3.26. The molecule has 1 fully saturated rings. The average molecular weight is 363 g/mol. The minimum atomic E-state index is -0.370. The van der Waals surface area contributed by atoms with Gasteiger partial charge in [-0.2, -0.15) is 15.6 Å². The van der Waals surface area contributed by atoms with Gasteiger partial charge in [-0.1, -0.05) is 18.9 Å². The molecule has 0 unspecified atom stereocenters. The van der Waals surface area contributed by atoms with Gasteiger partial charge in [0, 0.05) is 48.4 Å². The number of fused-ring (bicyclic) bond motifs is 1. The summed E-state index contributed by atoms with van der Waals surface area (Å²) >= 11 is 1.76. The van der Waals surface area contributed by atoms with Gasteiger partial charge in [0.1, 0.15) is 17.3 Å². The maximum Gasteiger partial charge on any atom is 0.170 e. The van der Waals surface area contributed by atoms with E-state index in [0.29, 0.717) is 12.1 Å². The molecule has 1 N–H and O–H groups in total. The smallest absolute Gasteiger partial charge is 0.170 e. The molecule has 0 spiro atoms. The number of hydrogen-bond acceptors (Lipinski definition) is 6. The zero-order valence-corrected chi connectivity index (χ0v) is 15.1. The Hall–Kier alpha value is -2.81. The number of hydrogen-bond donors (Lipinski definition) is 1. The summed E-state index contributed by atoms with van der Waals surface area (Å²) in [6, 6.07) is 8.34. The van der Waals surface area contributed by atoms with Gasteiger partial charge in [0.2, 0.25) is 0 Å². The molecule has 0 bridgehead atoms. The summed E-state index contributed by atoms with van der Waals surface area (Å²) in [5.41, 5.74) is 2.48. The Morgan fingerprint density at radius 3 is 2.88 bits per heavy atom. The molecule has 130 valence electrons. The predicted molar refractivity (Wildman–Crippen MR) is 99.9 cm³/mol. The van der Waals surface area contributed by atoms with Crippen LogP contribution in [-0.4, -0.2) is 42.9 Å². The third kappa shape index (κ3) is 2.55. The van der Waals surface area contributed by atoms with Crippen LogP contribution in [0.3, 0.4) is 0 Å². The number of aromatic nitrogens is 4. The van der Waals surface area contributed by atoms with Gasteiger partial charge in [-0.25, -0.2) is 9.29 Å². The molecule has 0 aromatic carbocycles. The van der Waals surface area contributed by atoms with E-state index in [0.717, 1.165) is 41.0 Å². The highest BCUT2D eigenvalue weighted by molar-refractivity contribution is 7.97. The summed E-state index contributed by atoms with van der Waals surface area (Å²) in [6.07, 6.45) is 5.84. The van der Waals surface area contributed by atoms with Crippen LogP contribution in [-0.2, 0) is 5.54 Å². The molecule has 1 aliphatic heterocycles. The molecule has 8 heteroatoms. The normalized spacial score (nSPS) is 16.1. The van der Waals surface area contributed by atoms with E-state index in [1.807, 2.05) is 29.2 Å². The Balaban J connectivity index is 1.78. The van der Waals surface area contributed by atoms with Crippen molar-refractivity contribution in [3.8, 4) is 23.3 Å². The first-order valence-electron chi connectivity index (χ1n) is 8.38. The number of nitrogens with one attached hydrogen (secondary N) is 1. The summed E-state index contributed by atoms with van der Waals surface area (Å²) in [4.78, 5) is 7.40. The van der Waals surface area contributed by atoms with Crippen molar-refractivity contribution in [1.29, 1.82) is 10.5 Å². The third-order valence-electron chi connectivity index (χ3n) is 4.72. The van der Waals surface area contributed by atoms with Gasteiger partial charge in [0.05, 0.1) is 12.5 Å². The molecule has 3 aromatic rings. The van der Waals surface area contributed by atoms with Crippen molar-refractivity contribution < 1.29 is 0 Å². The maximum atomic E-state index is 9.61. The molecule has 0 saturated carbocycles. The van der Waals surface area contributed by atoms with Gasteiger partial charge in [0.25, 0.3) is 0 Å². The Morgan fingerprint density at radius 1 is 1.31 bits per heavy atom. The van der Waals surface area contributed by atoms with Crippen molar-refractivity contribution in [3.63, 3.8) is 0 Å². The fourth-order valence-electron chi connectivity index (χ4n) is 3.46. The lowest BCUT2D eigenvalue weighted by molar-refractivity contribution is 0.0811. The van der Waals surface area contributed by atoms with Crippen molar-refractivity contribution >= 4 is 23.0 Å². The monoisotopic (exact) mass is 363 g/mol. The van der Waals surface area contributed by atoms with Gasteiger partial charge < -0.3 is 4.98 Å². The first kappa shape index (κ1) is 16.6. The van der Waals surface area contributed by atoms with Crippen LogP contribution in [0.2, 0.25) is 0 Å². The summed E-state index contributed by atoms with van der Waals surface area (Å²) in [5.74, 6) is 0.999. The van der Waals surface area contributed by atoms with Crippen LogP contribution < -0.4 is 0 Å². The van der Waals surface area contributed by atoms with Crippen molar-refractivity contribution in [3.05, 3.63) is 36.4 Å². The van der Waals surface area contributed by atoms with E-state index in [-0.39, 0.29) is 5.54 Å². The first-order chi connectivity index (χ1) is 12.7. The number of rotatable bonds is 5. The molecule has 0 atom stereocenters. The lowest BCUT2D eigenvalue weighted by atomic mass is 9.89. The summed E-state index contributed by atoms with van der Waals surface area (Å²) in [7, 11) is 0. The molecule has 4 heterocycles. The Morgan fingerprint density at radius 2 is 2.15 bits per heavy atom. The molecule has 7 nitrogen and oxygen atoms in total. The number of H-pyrrole nitrogens is 1. The lowest BCUT2D eigenvalue weighted by Gasteiger charge is -2.48. The predicted octanol–water partition coefficient (Wildman–Crippen LogP) is 2.89. The summed E-state index contributed by atoms with van der Waals surface area (Å²) in [5, 5.41) is 24.4. The summed E-state index contributed by atoms with van der Waals surface area (Å²) in [6.45, 7) is 3.61. The zero-order chi connectivity index (χ0) is 18.1. The molecule has 0 amide bonds. The van der Waals surface area contributed by atoms with E-state index in [4.69, 9.17) is 0 Å². The molecule has 1 saturated heterocycles. The van der Waals surface area contributed by atoms with E-state index in [9.17, 15) is 10.5 Å². The molecule has 0 aliphatic carbocycles. The molecule has 3 aromatic heterocycles. The van der Waals surface area contributed by atoms with E-state index in [1.165, 1.54) is 0 Å². The molecule has 26 heavy (non-hydrogen) atoms. The standard InChI is InChI=1S/C18H17N7S/c1-2-26-24-11-18(12-24,5-6-19)25-10-15(16(9-20)23-25)13-3-7-21-17-14(13)4-8-22-17/h3-4,7-8,10H,2,5,11-12H2,1H3,(H,21,22). The van der Waals surface area contributed by atoms with Gasteiger partial charge >= 0.3 is 0 Å². The van der Waals surface area contributed by atoms with Crippen LogP contribution in [0.15, 0.2) is 30.7 Å². The second-order valence-electron chi connectivity index (χ2n) is 6.32. The molecule has 1 aliphatic rings. The van der Waals surface area contributed by atoms with Crippen LogP contribution in [0.25, 0.3) is 22.2 Å². The molecular formula is C18H17N7S. The van der Waals surface area contributed by atoms with Crippen LogP contribution in [0.1, 0.15) is 19.0 Å². The van der Waals surface area contributed by atoms with Crippen molar-refractivity contribution in [2.75, 3.05) is 18.8 Å². The SMILES string of the molecule is CCSN1CC(CC#N)(n2cc(-c3ccnc4[nH]ccc34)c(C#N)n2)C1. The Kier molecular flexibility index (Phi) is 4.15. The first-order valence-corrected chi connectivity index (χ1v) is 9.32. The van der Waals surface area contributed by atoms with Crippen molar-refractivity contribution in [2.45, 2.75) is 18.9 Å². The van der Waals surface area contributed by atoms with Gasteiger partial charge in [-0.3, -0.25) is 4.68 Å². The minimum absolute atomic E-state index is 0.370. The van der Waals surface area contributed by atoms with E-state index in [1.54, 1.807) is 18.1 Å². The van der Waals surface area contributed by atoms with Crippen molar-refractivity contribution in [1.82, 2.24) is 24.1 Å². The topological polar surface area (TPSA) is 97.3 Å². The second-order valence-corrected chi connectivity index (χ2v) is 7.67. The Bertz CT molecular complexity index is 1030. The van der Waals surface area contributed by atoms with E-state index < -0.39 is 0 Å². The molecular weight excluding hydrogens is 346 g/mol. The van der Waals surface area contributed by atoms with Crippen molar-refractivity contribution in [2.24, 2.45) is 0 Å². The zero-order valence-electron chi connectivity index (χ0n) is 14.3. The summed E-state index contributed by atoms with van der Waals surface area (Å²) < 4.78 is 4.07. The highest BCUT2D eigenvalue weighted by Crippen LogP contribution is 2.38. The van der Waals surface area contributed by atoms with Crippen LogP contribution in [0, 0.1) is 22.7 Å². The maximum absolute atomic E-state index is 9.61. The van der Waals surface area contributed by atoms with Gasteiger partial charge in [0.15, 0.2) is 5.69 Å². The fourth-order valence-corrected chi connectivity index (χ4v) is 4.49. The van der Waals surface area contributed by atoms with Crippen LogP contribution in [0.5, 0.6) is 0 Å². The Labute approximate surface area is 155 Å². The minimum Gasteiger partial charge on any atom is -0.346 e. The van der Waals surface area contributed by atoms with Gasteiger partial charge in [-0.05, 0) is 17.7 Å². The number of pyridine rings is 1. The highest BCUT2D eigenvalue weighted by Gasteiger charge is 2.46. The number of nitriles is 2. The molecule has 0 radical (unpaired) electrons. The third-order valence-corrected chi connectivity index (χ3v) is 5.60. The number of aromatic amines is 1. The van der Waals surface area contributed by atoms with Crippen LogP contribution >= 0.6 is 11.9 Å².